The van der Waals surface area contributed by atoms with Gasteiger partial charge in [0.15, 0.2) is 0 Å². The van der Waals surface area contributed by atoms with Gasteiger partial charge in [0.25, 0.3) is 0 Å². The Morgan fingerprint density at radius 2 is 1.28 bits per heavy atom. The van der Waals surface area contributed by atoms with Crippen molar-refractivity contribution in [3.63, 3.8) is 0 Å². The van der Waals surface area contributed by atoms with Gasteiger partial charge in [0.1, 0.15) is 0 Å². The standard InChI is InChI=1S/C25H16/c1-3-8-19-16(6-1)12-13-21-23-11-5-10-22-20-9-4-2-7-17(20)14-18(25(22)23)15-24(19)21/h1-14H,15H2. The Balaban J connectivity index is 1.82. The van der Waals surface area contributed by atoms with Crippen LogP contribution in [0.4, 0.5) is 0 Å². The molecule has 0 N–H and O–H groups in total. The molecule has 0 nitrogen and oxygen atoms in total. The first kappa shape index (κ1) is 13.2. The van der Waals surface area contributed by atoms with Gasteiger partial charge in [-0.2, -0.15) is 0 Å². The lowest BCUT2D eigenvalue weighted by Gasteiger charge is -2.23. The van der Waals surface area contributed by atoms with Gasteiger partial charge in [-0.1, -0.05) is 84.9 Å². The SMILES string of the molecule is c1ccc2c3c(ccc2c1)-c1cccc2c1c(cc1ccccc12)C3. The van der Waals surface area contributed by atoms with Gasteiger partial charge in [0, 0.05) is 0 Å². The molecular weight excluding hydrogens is 300 g/mol. The van der Waals surface area contributed by atoms with E-state index in [-0.39, 0.29) is 0 Å². The predicted molar refractivity (Wildman–Crippen MR) is 107 cm³/mol. The highest BCUT2D eigenvalue weighted by molar-refractivity contribution is 6.15. The molecule has 1 aliphatic rings. The Hall–Kier alpha value is -3.12. The number of rotatable bonds is 0. The van der Waals surface area contributed by atoms with E-state index in [1.807, 2.05) is 0 Å². The van der Waals surface area contributed by atoms with Gasteiger partial charge in [-0.3, -0.25) is 0 Å². The number of fused-ring (bicyclic) bond motifs is 6. The van der Waals surface area contributed by atoms with Crippen molar-refractivity contribution in [1.82, 2.24) is 0 Å². The predicted octanol–water partition coefficient (Wildman–Crippen LogP) is 6.72. The third kappa shape index (κ3) is 1.71. The first-order valence-corrected chi connectivity index (χ1v) is 8.84. The van der Waals surface area contributed by atoms with Crippen molar-refractivity contribution in [2.24, 2.45) is 0 Å². The summed E-state index contributed by atoms with van der Waals surface area (Å²) in [6, 6.07) is 31.2. The third-order valence-corrected chi connectivity index (χ3v) is 5.66. The van der Waals surface area contributed by atoms with Gasteiger partial charge in [-0.25, -0.2) is 0 Å². The topological polar surface area (TPSA) is 0 Å². The molecule has 0 unspecified atom stereocenters. The lowest BCUT2D eigenvalue weighted by molar-refractivity contribution is 1.23. The monoisotopic (exact) mass is 316 g/mol. The smallest absolute Gasteiger partial charge is 0.000684 e. The van der Waals surface area contributed by atoms with E-state index in [1.54, 1.807) is 0 Å². The van der Waals surface area contributed by atoms with Crippen LogP contribution in [-0.2, 0) is 6.42 Å². The highest BCUT2D eigenvalue weighted by Crippen LogP contribution is 2.44. The maximum Gasteiger partial charge on any atom is -0.000684 e. The molecule has 116 valence electrons. The van der Waals surface area contributed by atoms with Crippen LogP contribution < -0.4 is 0 Å². The van der Waals surface area contributed by atoms with Gasteiger partial charge in [0.05, 0.1) is 0 Å². The highest BCUT2D eigenvalue weighted by atomic mass is 14.2. The molecule has 0 saturated carbocycles. The zero-order chi connectivity index (χ0) is 16.4. The van der Waals surface area contributed by atoms with E-state index in [0.717, 1.165) is 6.42 Å². The molecule has 0 heteroatoms. The fourth-order valence-electron chi connectivity index (χ4n) is 4.58. The van der Waals surface area contributed by atoms with Gasteiger partial charge in [-0.05, 0) is 61.0 Å². The maximum atomic E-state index is 2.39. The van der Waals surface area contributed by atoms with Crippen molar-refractivity contribution in [2.45, 2.75) is 6.42 Å². The Morgan fingerprint density at radius 3 is 2.20 bits per heavy atom. The first-order chi connectivity index (χ1) is 12.4. The molecule has 6 rings (SSSR count). The molecule has 0 radical (unpaired) electrons. The van der Waals surface area contributed by atoms with Crippen molar-refractivity contribution in [1.29, 1.82) is 0 Å². The van der Waals surface area contributed by atoms with Crippen LogP contribution in [0.5, 0.6) is 0 Å². The lowest BCUT2D eigenvalue weighted by Crippen LogP contribution is -2.02. The van der Waals surface area contributed by atoms with Crippen LogP contribution in [0.25, 0.3) is 43.4 Å². The van der Waals surface area contributed by atoms with Crippen LogP contribution in [-0.4, -0.2) is 0 Å². The van der Waals surface area contributed by atoms with E-state index >= 15 is 0 Å². The summed E-state index contributed by atoms with van der Waals surface area (Å²) in [5, 5.41) is 8.22. The van der Waals surface area contributed by atoms with Gasteiger partial charge < -0.3 is 0 Å². The number of benzene rings is 5. The molecule has 25 heavy (non-hydrogen) atoms. The average molecular weight is 316 g/mol. The zero-order valence-electron chi connectivity index (χ0n) is 13.8. The summed E-state index contributed by atoms with van der Waals surface area (Å²) < 4.78 is 0. The van der Waals surface area contributed by atoms with Crippen LogP contribution >= 0.6 is 0 Å². The van der Waals surface area contributed by atoms with E-state index in [4.69, 9.17) is 0 Å². The van der Waals surface area contributed by atoms with E-state index in [2.05, 4.69) is 84.9 Å². The van der Waals surface area contributed by atoms with E-state index in [0.29, 0.717) is 0 Å². The Kier molecular flexibility index (Phi) is 2.48. The summed E-state index contributed by atoms with van der Waals surface area (Å²) in [6.45, 7) is 0. The molecule has 0 amide bonds. The minimum absolute atomic E-state index is 1.01. The molecule has 0 fully saturated rings. The molecule has 0 spiro atoms. The van der Waals surface area contributed by atoms with Crippen molar-refractivity contribution in [3.05, 3.63) is 96.1 Å². The average Bonchev–Trinajstić information content (AvgIpc) is 2.68. The molecule has 5 aromatic carbocycles. The fraction of sp³-hybridized carbons (Fsp3) is 0.0400. The van der Waals surface area contributed by atoms with Gasteiger partial charge >= 0.3 is 0 Å². The minimum atomic E-state index is 1.01. The van der Waals surface area contributed by atoms with Crippen LogP contribution in [0.2, 0.25) is 0 Å². The van der Waals surface area contributed by atoms with Crippen molar-refractivity contribution in [3.8, 4) is 11.1 Å². The normalized spacial score (nSPS) is 12.6. The fourth-order valence-corrected chi connectivity index (χ4v) is 4.58. The van der Waals surface area contributed by atoms with E-state index in [9.17, 15) is 0 Å². The summed E-state index contributed by atoms with van der Waals surface area (Å²) >= 11 is 0. The quantitative estimate of drug-likeness (QED) is 0.273. The van der Waals surface area contributed by atoms with Crippen LogP contribution in [0.3, 0.4) is 0 Å². The van der Waals surface area contributed by atoms with Gasteiger partial charge in [-0.15, -0.1) is 0 Å². The third-order valence-electron chi connectivity index (χ3n) is 5.66. The maximum absolute atomic E-state index is 2.39. The van der Waals surface area contributed by atoms with Crippen LogP contribution in [0.1, 0.15) is 11.1 Å². The highest BCUT2D eigenvalue weighted by Gasteiger charge is 2.21. The Labute approximate surface area is 146 Å². The molecule has 0 heterocycles. The summed E-state index contributed by atoms with van der Waals surface area (Å²) in [5.74, 6) is 0. The summed E-state index contributed by atoms with van der Waals surface area (Å²) in [7, 11) is 0. The number of hydrogen-bond acceptors (Lipinski definition) is 0. The Bertz CT molecular complexity index is 1310. The molecule has 1 aliphatic carbocycles. The van der Waals surface area contributed by atoms with Crippen molar-refractivity contribution in [2.75, 3.05) is 0 Å². The summed E-state index contributed by atoms with van der Waals surface area (Å²) in [6.07, 6.45) is 1.01. The Morgan fingerprint density at radius 1 is 0.520 bits per heavy atom. The van der Waals surface area contributed by atoms with E-state index in [1.165, 1.54) is 54.6 Å². The first-order valence-electron chi connectivity index (χ1n) is 8.84. The van der Waals surface area contributed by atoms with Crippen molar-refractivity contribution >= 4 is 32.3 Å². The molecule has 0 aromatic heterocycles. The summed E-state index contributed by atoms with van der Waals surface area (Å²) in [5.41, 5.74) is 5.69. The largest absolute Gasteiger partial charge is 0.0616 e. The molecule has 0 aliphatic heterocycles. The van der Waals surface area contributed by atoms with E-state index < -0.39 is 0 Å². The van der Waals surface area contributed by atoms with Gasteiger partial charge in [0.2, 0.25) is 0 Å². The second-order valence-electron chi connectivity index (χ2n) is 6.97. The molecular formula is C25H16. The van der Waals surface area contributed by atoms with Crippen molar-refractivity contribution < 1.29 is 0 Å². The number of hydrogen-bond donors (Lipinski definition) is 0. The second kappa shape index (κ2) is 4.70. The van der Waals surface area contributed by atoms with Crippen LogP contribution in [0, 0.1) is 0 Å². The van der Waals surface area contributed by atoms with Crippen LogP contribution in [0.15, 0.2) is 84.9 Å². The second-order valence-corrected chi connectivity index (χ2v) is 6.97. The molecule has 5 aromatic rings. The zero-order valence-corrected chi connectivity index (χ0v) is 13.8. The molecule has 0 atom stereocenters. The lowest BCUT2D eigenvalue weighted by atomic mass is 9.80. The molecule has 0 saturated heterocycles. The molecule has 0 bridgehead atoms. The summed E-state index contributed by atoms with van der Waals surface area (Å²) in [4.78, 5) is 0. The minimum Gasteiger partial charge on any atom is -0.0616 e.